The molecule has 1 unspecified atom stereocenters. The Bertz CT molecular complexity index is 343. The number of nitrogens with zero attached hydrogens (tertiary/aromatic N) is 3. The van der Waals surface area contributed by atoms with Gasteiger partial charge in [-0.3, -0.25) is 0 Å². The summed E-state index contributed by atoms with van der Waals surface area (Å²) in [5, 5.41) is 18.4. The average Bonchev–Trinajstić information content (AvgIpc) is 2.64. The lowest BCUT2D eigenvalue weighted by Gasteiger charge is -2.12. The van der Waals surface area contributed by atoms with Gasteiger partial charge in [0.25, 0.3) is 0 Å². The van der Waals surface area contributed by atoms with Gasteiger partial charge in [0.05, 0.1) is 25.4 Å². The molecule has 0 aliphatic carbocycles. The van der Waals surface area contributed by atoms with Crippen LogP contribution in [-0.4, -0.2) is 44.4 Å². The summed E-state index contributed by atoms with van der Waals surface area (Å²) in [5.41, 5.74) is 5.50. The van der Waals surface area contributed by atoms with Crippen molar-refractivity contribution in [2.24, 2.45) is 12.8 Å². The van der Waals surface area contributed by atoms with Crippen molar-refractivity contribution in [2.75, 3.05) is 12.4 Å². The van der Waals surface area contributed by atoms with Crippen molar-refractivity contribution in [2.45, 2.75) is 37.8 Å². The third kappa shape index (κ3) is 4.63. The third-order valence-corrected chi connectivity index (χ3v) is 3.30. The summed E-state index contributed by atoms with van der Waals surface area (Å²) in [7, 11) is 1.86. The summed E-state index contributed by atoms with van der Waals surface area (Å²) in [5.74, 6) is 1.27. The summed E-state index contributed by atoms with van der Waals surface area (Å²) >= 11 is 1.45. The van der Waals surface area contributed by atoms with Crippen molar-refractivity contribution in [3.8, 4) is 0 Å². The quantitative estimate of drug-likeness (QED) is 0.679. The highest BCUT2D eigenvalue weighted by Crippen LogP contribution is 2.16. The molecule has 1 atom stereocenters. The van der Waals surface area contributed by atoms with E-state index in [1.165, 1.54) is 11.8 Å². The second-order valence-electron chi connectivity index (χ2n) is 4.01. The van der Waals surface area contributed by atoms with Crippen molar-refractivity contribution in [1.29, 1.82) is 0 Å². The largest absolute Gasteiger partial charge is 0.390 e. The van der Waals surface area contributed by atoms with Gasteiger partial charge in [-0.25, -0.2) is 0 Å². The zero-order chi connectivity index (χ0) is 12.8. The molecular weight excluding hydrogens is 240 g/mol. The lowest BCUT2D eigenvalue weighted by atomic mass is 10.4. The van der Waals surface area contributed by atoms with Crippen molar-refractivity contribution < 1.29 is 9.84 Å². The predicted molar refractivity (Wildman–Crippen MR) is 66.7 cm³/mol. The first kappa shape index (κ1) is 14.4. The Hall–Kier alpha value is -0.630. The number of aromatic nitrogens is 3. The van der Waals surface area contributed by atoms with Crippen LogP contribution >= 0.6 is 11.8 Å². The van der Waals surface area contributed by atoms with Crippen LogP contribution < -0.4 is 5.73 Å². The molecule has 0 bridgehead atoms. The molecular formula is C10H20N4O2S. The second-order valence-corrected chi connectivity index (χ2v) is 5.00. The lowest BCUT2D eigenvalue weighted by Crippen LogP contribution is -2.20. The fourth-order valence-corrected chi connectivity index (χ4v) is 2.01. The highest BCUT2D eigenvalue weighted by molar-refractivity contribution is 7.99. The number of aliphatic hydroxyl groups is 1. The minimum absolute atomic E-state index is 0.133. The van der Waals surface area contributed by atoms with Gasteiger partial charge in [0.15, 0.2) is 5.16 Å². The zero-order valence-corrected chi connectivity index (χ0v) is 11.3. The highest BCUT2D eigenvalue weighted by Gasteiger charge is 2.11. The van der Waals surface area contributed by atoms with Crippen LogP contribution in [0.2, 0.25) is 0 Å². The van der Waals surface area contributed by atoms with Crippen LogP contribution in [0.15, 0.2) is 5.16 Å². The van der Waals surface area contributed by atoms with Crippen LogP contribution in [0.5, 0.6) is 0 Å². The van der Waals surface area contributed by atoms with Crippen LogP contribution in [0.25, 0.3) is 0 Å². The van der Waals surface area contributed by atoms with E-state index in [1.807, 2.05) is 25.5 Å². The van der Waals surface area contributed by atoms with Gasteiger partial charge < -0.3 is 20.1 Å². The first-order valence-electron chi connectivity index (χ1n) is 5.55. The van der Waals surface area contributed by atoms with Gasteiger partial charge in [0, 0.05) is 12.8 Å². The van der Waals surface area contributed by atoms with Gasteiger partial charge in [-0.2, -0.15) is 0 Å². The molecule has 1 heterocycles. The highest BCUT2D eigenvalue weighted by atomic mass is 32.2. The Labute approximate surface area is 106 Å². The van der Waals surface area contributed by atoms with Crippen LogP contribution in [0.4, 0.5) is 0 Å². The normalized spacial score (nSPS) is 13.3. The molecule has 1 aromatic rings. The van der Waals surface area contributed by atoms with E-state index in [0.717, 1.165) is 11.0 Å². The van der Waals surface area contributed by atoms with E-state index in [1.54, 1.807) is 0 Å². The number of hydrogen-bond donors (Lipinski definition) is 2. The van der Waals surface area contributed by atoms with Gasteiger partial charge in [-0.15, -0.1) is 10.2 Å². The van der Waals surface area contributed by atoms with E-state index < -0.39 is 6.10 Å². The van der Waals surface area contributed by atoms with Crippen molar-refractivity contribution in [3.63, 3.8) is 0 Å². The molecule has 0 amide bonds. The lowest BCUT2D eigenvalue weighted by molar-refractivity contribution is 0.0152. The molecule has 0 spiro atoms. The summed E-state index contributed by atoms with van der Waals surface area (Å²) in [6, 6.07) is 0. The molecule has 0 aromatic carbocycles. The van der Waals surface area contributed by atoms with Gasteiger partial charge in [0.1, 0.15) is 5.82 Å². The van der Waals surface area contributed by atoms with Crippen LogP contribution in [0.1, 0.15) is 19.7 Å². The molecule has 6 nitrogen and oxygen atoms in total. The Morgan fingerprint density at radius 1 is 1.47 bits per heavy atom. The Balaban J connectivity index is 2.36. The van der Waals surface area contributed by atoms with E-state index in [-0.39, 0.29) is 6.10 Å². The summed E-state index contributed by atoms with van der Waals surface area (Å²) in [6.07, 6.45) is -0.367. The topological polar surface area (TPSA) is 86.2 Å². The molecule has 17 heavy (non-hydrogen) atoms. The zero-order valence-electron chi connectivity index (χ0n) is 10.5. The van der Waals surface area contributed by atoms with E-state index in [9.17, 15) is 5.11 Å². The van der Waals surface area contributed by atoms with E-state index >= 15 is 0 Å². The molecule has 1 aromatic heterocycles. The number of thioether (sulfide) groups is 1. The maximum Gasteiger partial charge on any atom is 0.191 e. The molecule has 0 radical (unpaired) electrons. The van der Waals surface area contributed by atoms with Crippen LogP contribution in [-0.2, 0) is 18.3 Å². The van der Waals surface area contributed by atoms with E-state index in [4.69, 9.17) is 10.5 Å². The monoisotopic (exact) mass is 260 g/mol. The van der Waals surface area contributed by atoms with Gasteiger partial charge >= 0.3 is 0 Å². The third-order valence-electron chi connectivity index (χ3n) is 2.13. The number of hydrogen-bond acceptors (Lipinski definition) is 6. The van der Waals surface area contributed by atoms with Crippen LogP contribution in [0.3, 0.4) is 0 Å². The second kappa shape index (κ2) is 6.95. The number of ether oxygens (including phenoxy) is 1. The number of nitrogens with two attached hydrogens (primary N) is 1. The Morgan fingerprint density at radius 2 is 2.18 bits per heavy atom. The average molecular weight is 260 g/mol. The standard InChI is InChI=1S/C10H20N4O2S/c1-7(2)16-5-8(15)6-17-10-13-12-9(4-11)14(10)3/h7-8,15H,4-6,11H2,1-3H3. The molecule has 0 saturated heterocycles. The predicted octanol–water partition coefficient (Wildman–Crippen LogP) is 0.152. The van der Waals surface area contributed by atoms with Gasteiger partial charge in [-0.1, -0.05) is 11.8 Å². The van der Waals surface area contributed by atoms with Crippen molar-refractivity contribution in [1.82, 2.24) is 14.8 Å². The van der Waals surface area contributed by atoms with Crippen molar-refractivity contribution in [3.05, 3.63) is 5.82 Å². The molecule has 0 fully saturated rings. The molecule has 7 heteroatoms. The maximum absolute atomic E-state index is 9.69. The molecule has 3 N–H and O–H groups in total. The fraction of sp³-hybridized carbons (Fsp3) is 0.800. The smallest absolute Gasteiger partial charge is 0.191 e. The van der Waals surface area contributed by atoms with Gasteiger partial charge in [0.2, 0.25) is 0 Å². The maximum atomic E-state index is 9.69. The summed E-state index contributed by atoms with van der Waals surface area (Å²) < 4.78 is 7.16. The number of aliphatic hydroxyl groups excluding tert-OH is 1. The Kier molecular flexibility index (Phi) is 5.90. The molecule has 1 rings (SSSR count). The van der Waals surface area contributed by atoms with Crippen molar-refractivity contribution >= 4 is 11.8 Å². The first-order valence-corrected chi connectivity index (χ1v) is 6.54. The minimum Gasteiger partial charge on any atom is -0.390 e. The molecule has 0 saturated carbocycles. The van der Waals surface area contributed by atoms with E-state index in [0.29, 0.717) is 18.9 Å². The molecule has 0 aliphatic heterocycles. The van der Waals surface area contributed by atoms with Crippen LogP contribution in [0, 0.1) is 0 Å². The minimum atomic E-state index is -0.500. The Morgan fingerprint density at radius 3 is 2.71 bits per heavy atom. The first-order chi connectivity index (χ1) is 8.04. The number of rotatable bonds is 7. The molecule has 0 aliphatic rings. The van der Waals surface area contributed by atoms with Gasteiger partial charge in [-0.05, 0) is 13.8 Å². The molecule has 98 valence electrons. The van der Waals surface area contributed by atoms with E-state index in [2.05, 4.69) is 10.2 Å². The fourth-order valence-electron chi connectivity index (χ4n) is 1.17. The summed E-state index contributed by atoms with van der Waals surface area (Å²) in [6.45, 7) is 4.58. The SMILES string of the molecule is CC(C)OCC(O)CSc1nnc(CN)n1C. The summed E-state index contributed by atoms with van der Waals surface area (Å²) in [4.78, 5) is 0.